The molecule has 2 aliphatic carbocycles. The molecule has 2 bridgehead atoms. The van der Waals surface area contributed by atoms with Crippen LogP contribution in [0, 0.1) is 29.1 Å². The Morgan fingerprint density at radius 2 is 1.87 bits per heavy atom. The number of rotatable bonds is 4. The second kappa shape index (κ2) is 7.77. The molecule has 172 valence electrons. The summed E-state index contributed by atoms with van der Waals surface area (Å²) in [5, 5.41) is 0. The zero-order chi connectivity index (χ0) is 22.6. The van der Waals surface area contributed by atoms with Gasteiger partial charge in [-0.25, -0.2) is 4.79 Å². The summed E-state index contributed by atoms with van der Waals surface area (Å²) < 4.78 is 24.1. The van der Waals surface area contributed by atoms with Gasteiger partial charge in [0.15, 0.2) is 0 Å². The molecule has 0 aromatic heterocycles. The summed E-state index contributed by atoms with van der Waals surface area (Å²) in [5.74, 6) is 1.45. The van der Waals surface area contributed by atoms with Gasteiger partial charge < -0.3 is 18.9 Å². The average Bonchev–Trinajstić information content (AvgIpc) is 2.98. The molecule has 2 saturated heterocycles. The van der Waals surface area contributed by atoms with Crippen molar-refractivity contribution in [3.63, 3.8) is 0 Å². The maximum Gasteiger partial charge on any atom is 0.335 e. The van der Waals surface area contributed by atoms with Gasteiger partial charge in [-0.05, 0) is 81.8 Å². The Balaban J connectivity index is 1.72. The number of hydrogen-bond donors (Lipinski definition) is 0. The van der Waals surface area contributed by atoms with Crippen molar-refractivity contribution >= 4 is 5.97 Å². The van der Waals surface area contributed by atoms with Crippen LogP contribution in [0.25, 0.3) is 0 Å². The molecule has 3 fully saturated rings. The SMILES string of the molecule is CO[C@]1(C)C[C@@H]2C(=C3COC(C)(C)C4CC[C@@](C)(C[C@H]34)[C@H]2/C=C/OC(=O)C=C(C)C)O1. The Hall–Kier alpha value is -1.59. The Morgan fingerprint density at radius 1 is 1.13 bits per heavy atom. The predicted molar refractivity (Wildman–Crippen MR) is 119 cm³/mol. The van der Waals surface area contributed by atoms with E-state index in [1.807, 2.05) is 20.8 Å². The Morgan fingerprint density at radius 3 is 2.55 bits per heavy atom. The molecule has 0 amide bonds. The third-order valence-corrected chi connectivity index (χ3v) is 8.26. The van der Waals surface area contributed by atoms with Crippen molar-refractivity contribution in [2.75, 3.05) is 13.7 Å². The number of methoxy groups -OCH3 is 1. The fourth-order valence-corrected chi connectivity index (χ4v) is 6.54. The van der Waals surface area contributed by atoms with E-state index in [4.69, 9.17) is 18.9 Å². The lowest BCUT2D eigenvalue weighted by atomic mass is 9.56. The maximum absolute atomic E-state index is 12.0. The minimum Gasteiger partial charge on any atom is -0.467 e. The zero-order valence-corrected chi connectivity index (χ0v) is 20.1. The lowest BCUT2D eigenvalue weighted by molar-refractivity contribution is -0.168. The summed E-state index contributed by atoms with van der Waals surface area (Å²) in [6.45, 7) is 13.3. The highest BCUT2D eigenvalue weighted by molar-refractivity contribution is 5.83. The first-order valence-corrected chi connectivity index (χ1v) is 11.6. The Bertz CT molecular complexity index is 833. The van der Waals surface area contributed by atoms with E-state index in [-0.39, 0.29) is 28.8 Å². The molecular formula is C26H38O5. The molecule has 5 heteroatoms. The summed E-state index contributed by atoms with van der Waals surface area (Å²) >= 11 is 0. The van der Waals surface area contributed by atoms with Gasteiger partial charge in [0.25, 0.3) is 0 Å². The molecule has 6 atom stereocenters. The van der Waals surface area contributed by atoms with Crippen LogP contribution >= 0.6 is 0 Å². The molecule has 4 rings (SSSR count). The summed E-state index contributed by atoms with van der Waals surface area (Å²) in [5.41, 5.74) is 2.24. The lowest BCUT2D eigenvalue weighted by Crippen LogP contribution is -2.50. The molecule has 5 nitrogen and oxygen atoms in total. The summed E-state index contributed by atoms with van der Waals surface area (Å²) in [6.07, 6.45) is 9.39. The van der Waals surface area contributed by atoms with Crippen molar-refractivity contribution in [3.05, 3.63) is 35.3 Å². The van der Waals surface area contributed by atoms with Crippen molar-refractivity contribution in [3.8, 4) is 0 Å². The zero-order valence-electron chi connectivity index (χ0n) is 20.1. The van der Waals surface area contributed by atoms with Crippen LogP contribution in [0.15, 0.2) is 35.3 Å². The molecule has 31 heavy (non-hydrogen) atoms. The first-order valence-electron chi connectivity index (χ1n) is 11.6. The minimum atomic E-state index is -0.637. The van der Waals surface area contributed by atoms with Gasteiger partial charge in [0, 0.05) is 32.4 Å². The van der Waals surface area contributed by atoms with Gasteiger partial charge in [-0.2, -0.15) is 0 Å². The number of esters is 1. The van der Waals surface area contributed by atoms with Gasteiger partial charge in [-0.15, -0.1) is 0 Å². The summed E-state index contributed by atoms with van der Waals surface area (Å²) in [4.78, 5) is 12.0. The summed E-state index contributed by atoms with van der Waals surface area (Å²) in [6, 6.07) is 0. The quantitative estimate of drug-likeness (QED) is 0.334. The van der Waals surface area contributed by atoms with E-state index < -0.39 is 5.79 Å². The second-order valence-electron chi connectivity index (χ2n) is 11.2. The number of fused-ring (bicyclic) bond motifs is 2. The van der Waals surface area contributed by atoms with E-state index in [0.29, 0.717) is 18.4 Å². The molecule has 0 radical (unpaired) electrons. The third-order valence-electron chi connectivity index (χ3n) is 8.26. The number of hydrogen-bond acceptors (Lipinski definition) is 5. The monoisotopic (exact) mass is 430 g/mol. The Labute approximate surface area is 186 Å². The molecule has 1 saturated carbocycles. The molecule has 0 aromatic carbocycles. The standard InChI is InChI=1S/C26H38O5/c1-16(2)12-22(27)29-11-9-21-18-14-26(6,28-7)31-23(18)19-15-30-24(3,4)20-8-10-25(21,5)13-17(19)20/h9,11-12,17-18,20-21H,8,10,13-15H2,1-7H3/b11-9+/t17-,18+,20?,21+,25+,26+/m1/s1. The van der Waals surface area contributed by atoms with Crippen LogP contribution in [0.5, 0.6) is 0 Å². The van der Waals surface area contributed by atoms with Crippen molar-refractivity contribution < 1.29 is 23.7 Å². The normalized spacial score (nSPS) is 40.7. The second-order valence-corrected chi connectivity index (χ2v) is 11.2. The van der Waals surface area contributed by atoms with Gasteiger partial charge in [-0.3, -0.25) is 0 Å². The van der Waals surface area contributed by atoms with E-state index in [1.165, 1.54) is 11.6 Å². The van der Waals surface area contributed by atoms with Crippen molar-refractivity contribution in [1.29, 1.82) is 0 Å². The average molecular weight is 431 g/mol. The lowest BCUT2D eigenvalue weighted by Gasteiger charge is -2.52. The van der Waals surface area contributed by atoms with E-state index in [2.05, 4.69) is 26.8 Å². The molecular weight excluding hydrogens is 392 g/mol. The van der Waals surface area contributed by atoms with Crippen LogP contribution in [-0.2, 0) is 23.7 Å². The Kier molecular flexibility index (Phi) is 5.66. The van der Waals surface area contributed by atoms with Crippen LogP contribution < -0.4 is 0 Å². The minimum absolute atomic E-state index is 0.105. The fourth-order valence-electron chi connectivity index (χ4n) is 6.54. The highest BCUT2D eigenvalue weighted by atomic mass is 16.7. The van der Waals surface area contributed by atoms with Gasteiger partial charge in [0.2, 0.25) is 5.79 Å². The molecule has 0 aromatic rings. The van der Waals surface area contributed by atoms with Gasteiger partial charge in [0.1, 0.15) is 5.76 Å². The van der Waals surface area contributed by atoms with E-state index >= 15 is 0 Å². The van der Waals surface area contributed by atoms with Crippen LogP contribution in [0.2, 0.25) is 0 Å². The number of ether oxygens (including phenoxy) is 4. The van der Waals surface area contributed by atoms with Gasteiger partial charge >= 0.3 is 5.97 Å². The van der Waals surface area contributed by atoms with Crippen molar-refractivity contribution in [2.24, 2.45) is 29.1 Å². The number of carbonyl (C=O) groups is 1. The fraction of sp³-hybridized carbons (Fsp3) is 0.731. The molecule has 4 aliphatic rings. The van der Waals surface area contributed by atoms with E-state index in [1.54, 1.807) is 13.4 Å². The largest absolute Gasteiger partial charge is 0.467 e. The number of carbonyl (C=O) groups excluding carboxylic acids is 1. The summed E-state index contributed by atoms with van der Waals surface area (Å²) in [7, 11) is 1.72. The molecule has 1 unspecified atom stereocenters. The van der Waals surface area contributed by atoms with Gasteiger partial charge in [0.05, 0.1) is 18.5 Å². The van der Waals surface area contributed by atoms with Crippen molar-refractivity contribution in [2.45, 2.75) is 78.6 Å². The third kappa shape index (κ3) is 4.00. The smallest absolute Gasteiger partial charge is 0.335 e. The van der Waals surface area contributed by atoms with Gasteiger partial charge in [-0.1, -0.05) is 12.5 Å². The van der Waals surface area contributed by atoms with Crippen LogP contribution in [0.3, 0.4) is 0 Å². The van der Waals surface area contributed by atoms with Crippen molar-refractivity contribution in [1.82, 2.24) is 0 Å². The molecule has 2 heterocycles. The first kappa shape index (κ1) is 22.6. The van der Waals surface area contributed by atoms with E-state index in [9.17, 15) is 4.79 Å². The van der Waals surface area contributed by atoms with Crippen LogP contribution in [-0.4, -0.2) is 31.1 Å². The van der Waals surface area contributed by atoms with Crippen LogP contribution in [0.1, 0.15) is 67.2 Å². The molecule has 0 spiro atoms. The highest BCUT2D eigenvalue weighted by Gasteiger charge is 2.58. The van der Waals surface area contributed by atoms with Crippen LogP contribution in [0.4, 0.5) is 0 Å². The number of allylic oxidation sites excluding steroid dienone is 3. The molecule has 2 aliphatic heterocycles. The highest BCUT2D eigenvalue weighted by Crippen LogP contribution is 2.62. The maximum atomic E-state index is 12.0. The van der Waals surface area contributed by atoms with E-state index in [0.717, 1.165) is 37.0 Å². The topological polar surface area (TPSA) is 54.0 Å². The molecule has 0 N–H and O–H groups in total. The predicted octanol–water partition coefficient (Wildman–Crippen LogP) is 5.52. The first-order chi connectivity index (χ1) is 14.5.